The number of aromatic nitrogens is 3. The number of ether oxygens (including phenoxy) is 1. The Morgan fingerprint density at radius 2 is 1.16 bits per heavy atom. The van der Waals surface area contributed by atoms with Crippen molar-refractivity contribution >= 4 is 11.0 Å². The van der Waals surface area contributed by atoms with Crippen LogP contribution < -0.4 is 4.74 Å². The summed E-state index contributed by atoms with van der Waals surface area (Å²) in [5.41, 5.74) is 15.2. The highest BCUT2D eigenvalue weighted by Gasteiger charge is 2.23. The van der Waals surface area contributed by atoms with E-state index in [4.69, 9.17) is 18.8 Å². The molecule has 0 saturated carbocycles. The summed E-state index contributed by atoms with van der Waals surface area (Å²) in [6.07, 6.45) is 1.87. The first-order chi connectivity index (χ1) is 28.6. The Hall–Kier alpha value is -7.04. The highest BCUT2D eigenvalue weighted by molar-refractivity contribution is 5.98. The van der Waals surface area contributed by atoms with E-state index in [2.05, 4.69) is 102 Å². The van der Waals surface area contributed by atoms with E-state index in [1.54, 1.807) is 19.2 Å². The average Bonchev–Trinajstić information content (AvgIpc) is 3.66. The Bertz CT molecular complexity index is 2980. The SMILES string of the molecule is [2H]C([2H])([2H])c1cc(-c2ccccc2)cc(-n2c(-c3cc(C)cc(C)c3OC)nc3c(-c4cc(-c5ccccc5)cc(-c5cc(-c6ccccc6)ccn5)c4)cccc32)c1. The molecule has 0 unspecified atom stereocenters. The van der Waals surface area contributed by atoms with Crippen LogP contribution in [-0.2, 0) is 0 Å². The molecule has 0 aliphatic rings. The molecule has 0 spiro atoms. The maximum Gasteiger partial charge on any atom is 0.149 e. The fraction of sp³-hybridized carbons (Fsp3) is 0.0769. The Morgan fingerprint density at radius 3 is 1.84 bits per heavy atom. The monoisotopic (exact) mass is 726 g/mol. The second-order valence-electron chi connectivity index (χ2n) is 14.2. The van der Waals surface area contributed by atoms with E-state index in [9.17, 15) is 0 Å². The van der Waals surface area contributed by atoms with Crippen molar-refractivity contribution in [3.63, 3.8) is 0 Å². The first-order valence-corrected chi connectivity index (χ1v) is 18.8. The predicted octanol–water partition coefficient (Wildman–Crippen LogP) is 13.4. The molecule has 7 aromatic carbocycles. The number of para-hydroxylation sites is 1. The molecule has 0 aliphatic heterocycles. The van der Waals surface area contributed by atoms with Gasteiger partial charge in [-0.25, -0.2) is 4.98 Å². The molecule has 0 aliphatic carbocycles. The van der Waals surface area contributed by atoms with E-state index in [-0.39, 0.29) is 5.56 Å². The highest BCUT2D eigenvalue weighted by atomic mass is 16.5. The molecule has 270 valence electrons. The lowest BCUT2D eigenvalue weighted by atomic mass is 9.93. The van der Waals surface area contributed by atoms with Crippen LogP contribution in [0.3, 0.4) is 0 Å². The predicted molar refractivity (Wildman–Crippen MR) is 232 cm³/mol. The van der Waals surface area contributed by atoms with Crippen LogP contribution in [-0.4, -0.2) is 21.6 Å². The second kappa shape index (κ2) is 14.7. The van der Waals surface area contributed by atoms with Gasteiger partial charge in [-0.05, 0) is 131 Å². The molecule has 9 rings (SSSR count). The molecule has 4 heteroatoms. The number of benzene rings is 7. The van der Waals surface area contributed by atoms with Crippen molar-refractivity contribution in [3.05, 3.63) is 193 Å². The standard InChI is InChI=1S/C52H41N3O/c1-34-25-36(3)51(56-4)47(28-34)52-54-50-46(21-14-22-49(50)55(52)45-27-35(2)26-41(32-45)38-17-10-6-11-18-38)43-29-42(39-19-12-7-13-20-39)30-44(31-43)48-33-40(23-24-53-48)37-15-8-5-9-16-37/h5-33H,1-4H3/i2D3. The van der Waals surface area contributed by atoms with Gasteiger partial charge in [-0.1, -0.05) is 115 Å². The molecule has 0 amide bonds. The number of pyridine rings is 1. The zero-order chi connectivity index (χ0) is 40.7. The van der Waals surface area contributed by atoms with Crippen LogP contribution in [0.4, 0.5) is 0 Å². The quantitative estimate of drug-likeness (QED) is 0.156. The van der Waals surface area contributed by atoms with Crippen LogP contribution in [0.15, 0.2) is 176 Å². The van der Waals surface area contributed by atoms with Crippen molar-refractivity contribution in [3.8, 4) is 78.6 Å². The molecule has 9 aromatic rings. The number of aryl methyl sites for hydroxylation is 3. The van der Waals surface area contributed by atoms with Crippen molar-refractivity contribution in [2.45, 2.75) is 20.7 Å². The minimum Gasteiger partial charge on any atom is -0.496 e. The number of nitrogens with zero attached hydrogens (tertiary/aromatic N) is 3. The Kier molecular flexibility index (Phi) is 8.20. The number of methoxy groups -OCH3 is 1. The van der Waals surface area contributed by atoms with Crippen molar-refractivity contribution < 1.29 is 8.85 Å². The molecule has 0 atom stereocenters. The number of fused-ring (bicyclic) bond motifs is 1. The molecule has 2 heterocycles. The van der Waals surface area contributed by atoms with Crippen molar-refractivity contribution in [1.82, 2.24) is 14.5 Å². The summed E-state index contributed by atoms with van der Waals surface area (Å²) in [6, 6.07) is 57.4. The van der Waals surface area contributed by atoms with E-state index in [1.807, 2.05) is 79.9 Å². The maximum absolute atomic E-state index is 8.53. The summed E-state index contributed by atoms with van der Waals surface area (Å²) in [5, 5.41) is 0. The summed E-state index contributed by atoms with van der Waals surface area (Å²) < 4.78 is 33.8. The van der Waals surface area contributed by atoms with Gasteiger partial charge in [0.1, 0.15) is 11.6 Å². The summed E-state index contributed by atoms with van der Waals surface area (Å²) >= 11 is 0. The smallest absolute Gasteiger partial charge is 0.149 e. The molecule has 56 heavy (non-hydrogen) atoms. The lowest BCUT2D eigenvalue weighted by Gasteiger charge is -2.16. The Morgan fingerprint density at radius 1 is 0.518 bits per heavy atom. The number of imidazole rings is 1. The third kappa shape index (κ3) is 6.56. The van der Waals surface area contributed by atoms with Gasteiger partial charge in [0.2, 0.25) is 0 Å². The Balaban J connectivity index is 1.33. The van der Waals surface area contributed by atoms with Gasteiger partial charge in [-0.2, -0.15) is 0 Å². The first-order valence-electron chi connectivity index (χ1n) is 20.3. The zero-order valence-electron chi connectivity index (χ0n) is 34.5. The van der Waals surface area contributed by atoms with Crippen LogP contribution in [0, 0.1) is 20.7 Å². The largest absolute Gasteiger partial charge is 0.496 e. The minimum atomic E-state index is -2.35. The zero-order valence-corrected chi connectivity index (χ0v) is 31.5. The molecule has 0 saturated heterocycles. The minimum absolute atomic E-state index is 0.246. The molecule has 2 aromatic heterocycles. The van der Waals surface area contributed by atoms with Crippen molar-refractivity contribution in [1.29, 1.82) is 0 Å². The Labute approximate surface area is 332 Å². The molecule has 0 radical (unpaired) electrons. The van der Waals surface area contributed by atoms with Crippen LogP contribution in [0.25, 0.3) is 83.9 Å². The molecular weight excluding hydrogens is 683 g/mol. The van der Waals surface area contributed by atoms with Gasteiger partial charge in [0, 0.05) is 27.1 Å². The highest BCUT2D eigenvalue weighted by Crippen LogP contribution is 2.42. The van der Waals surface area contributed by atoms with Gasteiger partial charge < -0.3 is 4.74 Å². The van der Waals surface area contributed by atoms with E-state index in [0.717, 1.165) is 83.5 Å². The maximum atomic E-state index is 8.53. The lowest BCUT2D eigenvalue weighted by Crippen LogP contribution is -2.01. The van der Waals surface area contributed by atoms with Crippen LogP contribution in [0.2, 0.25) is 0 Å². The number of rotatable bonds is 8. The lowest BCUT2D eigenvalue weighted by molar-refractivity contribution is 0.413. The summed E-state index contributed by atoms with van der Waals surface area (Å²) in [4.78, 5) is 10.4. The van der Waals surface area contributed by atoms with Gasteiger partial charge in [0.15, 0.2) is 0 Å². The molecule has 0 fully saturated rings. The first kappa shape index (κ1) is 31.3. The normalized spacial score (nSPS) is 12.2. The van der Waals surface area contributed by atoms with Crippen molar-refractivity contribution in [2.75, 3.05) is 7.11 Å². The van der Waals surface area contributed by atoms with Gasteiger partial charge in [-0.15, -0.1) is 0 Å². The van der Waals surface area contributed by atoms with Gasteiger partial charge >= 0.3 is 0 Å². The number of hydrogen-bond acceptors (Lipinski definition) is 3. The summed E-state index contributed by atoms with van der Waals surface area (Å²) in [6.45, 7) is 1.75. The summed E-state index contributed by atoms with van der Waals surface area (Å²) in [7, 11) is 1.68. The third-order valence-corrected chi connectivity index (χ3v) is 10.3. The van der Waals surface area contributed by atoms with Gasteiger partial charge in [-0.3, -0.25) is 9.55 Å². The van der Waals surface area contributed by atoms with Crippen molar-refractivity contribution in [2.24, 2.45) is 0 Å². The average molecular weight is 727 g/mol. The summed E-state index contributed by atoms with van der Waals surface area (Å²) in [5.74, 6) is 1.36. The molecule has 0 N–H and O–H groups in total. The van der Waals surface area contributed by atoms with Gasteiger partial charge in [0.25, 0.3) is 0 Å². The van der Waals surface area contributed by atoms with E-state index in [1.165, 1.54) is 0 Å². The fourth-order valence-corrected chi connectivity index (χ4v) is 7.83. The van der Waals surface area contributed by atoms with E-state index >= 15 is 0 Å². The van der Waals surface area contributed by atoms with Crippen LogP contribution in [0.1, 0.15) is 20.8 Å². The van der Waals surface area contributed by atoms with Crippen LogP contribution >= 0.6 is 0 Å². The van der Waals surface area contributed by atoms with E-state index in [0.29, 0.717) is 17.3 Å². The topological polar surface area (TPSA) is 39.9 Å². The number of hydrogen-bond donors (Lipinski definition) is 0. The third-order valence-electron chi connectivity index (χ3n) is 10.3. The molecule has 4 nitrogen and oxygen atoms in total. The van der Waals surface area contributed by atoms with E-state index < -0.39 is 6.85 Å². The van der Waals surface area contributed by atoms with Gasteiger partial charge in [0.05, 0.1) is 29.4 Å². The molecular formula is C52H41N3O. The second-order valence-corrected chi connectivity index (χ2v) is 14.2. The fourth-order valence-electron chi connectivity index (χ4n) is 7.83. The molecule has 0 bridgehead atoms. The van der Waals surface area contributed by atoms with Crippen LogP contribution in [0.5, 0.6) is 5.75 Å².